The van der Waals surface area contributed by atoms with Crippen molar-refractivity contribution in [3.8, 4) is 11.5 Å². The third-order valence-corrected chi connectivity index (χ3v) is 5.88. The number of fused-ring (bicyclic) bond motifs is 1. The smallest absolute Gasteiger partial charge is 0.242 e. The summed E-state index contributed by atoms with van der Waals surface area (Å²) in [5.74, 6) is 0.665. The van der Waals surface area contributed by atoms with Crippen LogP contribution in [0.5, 0.6) is 11.5 Å². The van der Waals surface area contributed by atoms with E-state index in [1.165, 1.54) is 4.31 Å². The molecule has 2 heterocycles. The minimum absolute atomic E-state index is 0.319. The summed E-state index contributed by atoms with van der Waals surface area (Å²) in [5.41, 5.74) is 0.384. The summed E-state index contributed by atoms with van der Waals surface area (Å²) >= 11 is 6.24. The van der Waals surface area contributed by atoms with Crippen LogP contribution >= 0.6 is 11.6 Å². The number of anilines is 1. The molecule has 7 nitrogen and oxygen atoms in total. The van der Waals surface area contributed by atoms with Gasteiger partial charge >= 0.3 is 0 Å². The van der Waals surface area contributed by atoms with Gasteiger partial charge in [0.25, 0.3) is 0 Å². The van der Waals surface area contributed by atoms with Gasteiger partial charge in [-0.2, -0.15) is 4.31 Å². The largest absolute Gasteiger partial charge is 0.490 e. The predicted octanol–water partition coefficient (Wildman–Crippen LogP) is 2.25. The average molecular weight is 389 g/mol. The van der Waals surface area contributed by atoms with Crippen LogP contribution in [-0.4, -0.2) is 50.7 Å². The predicted molar refractivity (Wildman–Crippen MR) is 94.9 cm³/mol. The molecule has 2 aliphatic heterocycles. The molecule has 1 aromatic rings. The second-order valence-electron chi connectivity index (χ2n) is 6.20. The van der Waals surface area contributed by atoms with Gasteiger partial charge < -0.3 is 14.8 Å². The SMILES string of the molecule is CS(=O)(=O)N1CCCCC1C(=O)Nc1cc2c(cc1Cl)OCCCO2. The van der Waals surface area contributed by atoms with E-state index in [1.54, 1.807) is 12.1 Å². The quantitative estimate of drug-likeness (QED) is 0.858. The van der Waals surface area contributed by atoms with E-state index in [9.17, 15) is 13.2 Å². The van der Waals surface area contributed by atoms with Crippen LogP contribution in [0, 0.1) is 0 Å². The highest BCUT2D eigenvalue weighted by Gasteiger charge is 2.34. The monoisotopic (exact) mass is 388 g/mol. The maximum Gasteiger partial charge on any atom is 0.242 e. The molecule has 9 heteroatoms. The standard InChI is InChI=1S/C16H21ClN2O5S/c1-25(21,22)19-6-3-2-5-13(19)16(20)18-12-10-15-14(9-11(12)17)23-7-4-8-24-15/h9-10,13H,2-8H2,1H3,(H,18,20). The van der Waals surface area contributed by atoms with E-state index in [-0.39, 0.29) is 5.91 Å². The topological polar surface area (TPSA) is 84.9 Å². The summed E-state index contributed by atoms with van der Waals surface area (Å²) in [7, 11) is -3.45. The number of nitrogens with one attached hydrogen (secondary N) is 1. The first-order valence-corrected chi connectivity index (χ1v) is 10.5. The van der Waals surface area contributed by atoms with Crippen molar-refractivity contribution in [1.82, 2.24) is 4.31 Å². The van der Waals surface area contributed by atoms with Gasteiger partial charge in [-0.05, 0) is 12.8 Å². The minimum atomic E-state index is -3.45. The van der Waals surface area contributed by atoms with Crippen LogP contribution in [0.15, 0.2) is 12.1 Å². The number of carbonyl (C=O) groups is 1. The molecule has 0 saturated carbocycles. The summed E-state index contributed by atoms with van der Waals surface area (Å²) < 4.78 is 36.3. The number of benzene rings is 1. The molecule has 2 aliphatic rings. The summed E-state index contributed by atoms with van der Waals surface area (Å²) in [4.78, 5) is 12.7. The second-order valence-corrected chi connectivity index (χ2v) is 8.55. The summed E-state index contributed by atoms with van der Waals surface area (Å²) in [6.45, 7) is 1.42. The van der Waals surface area contributed by atoms with Gasteiger partial charge in [-0.25, -0.2) is 8.42 Å². The summed E-state index contributed by atoms with van der Waals surface area (Å²) in [6.07, 6.45) is 3.93. The van der Waals surface area contributed by atoms with Crippen molar-refractivity contribution in [1.29, 1.82) is 0 Å². The molecule has 1 unspecified atom stereocenters. The van der Waals surface area contributed by atoms with Gasteiger partial charge in [0, 0.05) is 25.1 Å². The number of piperidine rings is 1. The number of hydrogen-bond acceptors (Lipinski definition) is 5. The fourth-order valence-corrected chi connectivity index (χ4v) is 4.38. The minimum Gasteiger partial charge on any atom is -0.490 e. The molecular weight excluding hydrogens is 368 g/mol. The lowest BCUT2D eigenvalue weighted by molar-refractivity contribution is -0.120. The van der Waals surface area contributed by atoms with Crippen molar-refractivity contribution < 1.29 is 22.7 Å². The molecular formula is C16H21ClN2O5S. The number of ether oxygens (including phenoxy) is 2. The lowest BCUT2D eigenvalue weighted by Crippen LogP contribution is -2.49. The number of amides is 1. The van der Waals surface area contributed by atoms with Gasteiger partial charge in [0.2, 0.25) is 15.9 Å². The molecule has 25 heavy (non-hydrogen) atoms. The molecule has 0 aliphatic carbocycles. The molecule has 138 valence electrons. The van der Waals surface area contributed by atoms with Crippen LogP contribution in [0.1, 0.15) is 25.7 Å². The Morgan fingerprint density at radius 3 is 2.56 bits per heavy atom. The van der Waals surface area contributed by atoms with E-state index < -0.39 is 16.1 Å². The van der Waals surface area contributed by atoms with E-state index in [4.69, 9.17) is 21.1 Å². The Kier molecular flexibility index (Phi) is 5.41. The maximum absolute atomic E-state index is 12.7. The van der Waals surface area contributed by atoms with E-state index >= 15 is 0 Å². The summed E-state index contributed by atoms with van der Waals surface area (Å²) in [5, 5.41) is 3.06. The highest BCUT2D eigenvalue weighted by Crippen LogP contribution is 2.38. The lowest BCUT2D eigenvalue weighted by atomic mass is 10.0. The van der Waals surface area contributed by atoms with Crippen LogP contribution in [0.3, 0.4) is 0 Å². The molecule has 3 rings (SSSR count). The van der Waals surface area contributed by atoms with Gasteiger partial charge in [-0.15, -0.1) is 0 Å². The Hall–Kier alpha value is -1.51. The van der Waals surface area contributed by atoms with Crippen LogP contribution in [0.4, 0.5) is 5.69 Å². The van der Waals surface area contributed by atoms with E-state index in [0.29, 0.717) is 48.4 Å². The van der Waals surface area contributed by atoms with Crippen molar-refractivity contribution in [3.63, 3.8) is 0 Å². The van der Waals surface area contributed by atoms with E-state index in [0.717, 1.165) is 25.5 Å². The fourth-order valence-electron chi connectivity index (χ4n) is 3.06. The van der Waals surface area contributed by atoms with Gasteiger partial charge in [0.05, 0.1) is 30.2 Å². The molecule has 1 fully saturated rings. The van der Waals surface area contributed by atoms with Crippen molar-refractivity contribution in [2.75, 3.05) is 31.3 Å². The van der Waals surface area contributed by atoms with Crippen molar-refractivity contribution in [2.24, 2.45) is 0 Å². The number of halogens is 1. The number of nitrogens with zero attached hydrogens (tertiary/aromatic N) is 1. The molecule has 1 amide bonds. The zero-order valence-corrected chi connectivity index (χ0v) is 15.5. The number of carbonyl (C=O) groups excluding carboxylic acids is 1. The normalized spacial score (nSPS) is 21.4. The van der Waals surface area contributed by atoms with Crippen molar-refractivity contribution in [3.05, 3.63) is 17.2 Å². The van der Waals surface area contributed by atoms with E-state index in [1.807, 2.05) is 0 Å². The van der Waals surface area contributed by atoms with Crippen LogP contribution in [0.25, 0.3) is 0 Å². The van der Waals surface area contributed by atoms with Crippen LogP contribution < -0.4 is 14.8 Å². The van der Waals surface area contributed by atoms with E-state index in [2.05, 4.69) is 5.32 Å². The van der Waals surface area contributed by atoms with Crippen LogP contribution in [-0.2, 0) is 14.8 Å². The van der Waals surface area contributed by atoms with Crippen LogP contribution in [0.2, 0.25) is 5.02 Å². The van der Waals surface area contributed by atoms with Gasteiger partial charge in [-0.1, -0.05) is 18.0 Å². The average Bonchev–Trinajstić information content (AvgIpc) is 2.79. The zero-order chi connectivity index (χ0) is 18.0. The number of rotatable bonds is 3. The fraction of sp³-hybridized carbons (Fsp3) is 0.562. The first-order valence-electron chi connectivity index (χ1n) is 8.23. The molecule has 1 N–H and O–H groups in total. The number of hydrogen-bond donors (Lipinski definition) is 1. The molecule has 1 atom stereocenters. The number of sulfonamides is 1. The zero-order valence-electron chi connectivity index (χ0n) is 14.0. The molecule has 0 bridgehead atoms. The molecule has 1 aromatic carbocycles. The molecule has 0 spiro atoms. The highest BCUT2D eigenvalue weighted by atomic mass is 35.5. The molecule has 1 saturated heterocycles. The Morgan fingerprint density at radius 1 is 1.20 bits per heavy atom. The Balaban J connectivity index is 1.81. The third-order valence-electron chi connectivity index (χ3n) is 4.28. The maximum atomic E-state index is 12.7. The van der Waals surface area contributed by atoms with Crippen molar-refractivity contribution in [2.45, 2.75) is 31.7 Å². The second kappa shape index (κ2) is 7.39. The Labute approximate surface area is 152 Å². The van der Waals surface area contributed by atoms with Gasteiger partial charge in [0.15, 0.2) is 11.5 Å². The lowest BCUT2D eigenvalue weighted by Gasteiger charge is -2.32. The highest BCUT2D eigenvalue weighted by molar-refractivity contribution is 7.88. The summed E-state index contributed by atoms with van der Waals surface area (Å²) in [6, 6.07) is 2.50. The first-order chi connectivity index (χ1) is 11.9. The molecule has 0 radical (unpaired) electrons. The van der Waals surface area contributed by atoms with Gasteiger partial charge in [0.1, 0.15) is 6.04 Å². The third kappa shape index (κ3) is 4.19. The first kappa shape index (κ1) is 18.3. The van der Waals surface area contributed by atoms with Crippen molar-refractivity contribution >= 4 is 33.2 Å². The Morgan fingerprint density at radius 2 is 1.88 bits per heavy atom. The Bertz CT molecular complexity index is 768. The van der Waals surface area contributed by atoms with Gasteiger partial charge in [-0.3, -0.25) is 4.79 Å². The molecule has 0 aromatic heterocycles.